The van der Waals surface area contributed by atoms with E-state index in [0.29, 0.717) is 22.8 Å². The predicted octanol–water partition coefficient (Wildman–Crippen LogP) is 4.16. The van der Waals surface area contributed by atoms with Crippen LogP contribution in [-0.4, -0.2) is 15.2 Å². The number of ether oxygens (including phenoxy) is 1. The minimum Gasteiger partial charge on any atom is -0.484 e. The molecule has 7 heteroatoms. The van der Waals surface area contributed by atoms with Gasteiger partial charge >= 0.3 is 0 Å². The van der Waals surface area contributed by atoms with E-state index < -0.39 is 0 Å². The molecule has 0 spiro atoms. The molecule has 0 amide bonds. The Balaban J connectivity index is 1.56. The summed E-state index contributed by atoms with van der Waals surface area (Å²) in [7, 11) is 0. The zero-order valence-electron chi connectivity index (χ0n) is 14.1. The van der Waals surface area contributed by atoms with Gasteiger partial charge in [-0.2, -0.15) is 0 Å². The zero-order chi connectivity index (χ0) is 17.1. The molecule has 2 aromatic heterocycles. The summed E-state index contributed by atoms with van der Waals surface area (Å²) < 4.78 is 16.9. The number of thioether (sulfide) groups is 1. The first-order chi connectivity index (χ1) is 11.5. The number of nitrogens with zero attached hydrogens (tertiary/aromatic N) is 3. The molecule has 0 saturated heterocycles. The second-order valence-corrected chi connectivity index (χ2v) is 6.48. The van der Waals surface area contributed by atoms with Gasteiger partial charge in [0.25, 0.3) is 11.1 Å². The Bertz CT molecular complexity index is 822. The van der Waals surface area contributed by atoms with Gasteiger partial charge in [0, 0.05) is 0 Å². The van der Waals surface area contributed by atoms with E-state index in [4.69, 9.17) is 13.6 Å². The number of hydrogen-bond acceptors (Lipinski definition) is 7. The van der Waals surface area contributed by atoms with Crippen molar-refractivity contribution in [3.63, 3.8) is 0 Å². The van der Waals surface area contributed by atoms with Crippen LogP contribution in [0.2, 0.25) is 0 Å². The van der Waals surface area contributed by atoms with E-state index in [1.807, 2.05) is 39.8 Å². The molecule has 2 heterocycles. The Morgan fingerprint density at radius 1 is 1.04 bits per heavy atom. The summed E-state index contributed by atoms with van der Waals surface area (Å²) in [6.07, 6.45) is 0. The largest absolute Gasteiger partial charge is 0.484 e. The van der Waals surface area contributed by atoms with Crippen LogP contribution >= 0.6 is 11.8 Å². The average molecular weight is 345 g/mol. The van der Waals surface area contributed by atoms with Crippen molar-refractivity contribution in [3.05, 3.63) is 52.6 Å². The highest BCUT2D eigenvalue weighted by atomic mass is 32.2. The summed E-state index contributed by atoms with van der Waals surface area (Å²) >= 11 is 1.39. The van der Waals surface area contributed by atoms with Crippen molar-refractivity contribution in [2.45, 2.75) is 45.3 Å². The van der Waals surface area contributed by atoms with Crippen molar-refractivity contribution >= 4 is 11.8 Å². The summed E-state index contributed by atoms with van der Waals surface area (Å²) in [6.45, 7) is 8.09. The SMILES string of the molecule is Cc1ccc(C)c(OCc2nnc(SCc3nc(C)c(C)o3)o2)c1. The molecule has 0 bridgehead atoms. The zero-order valence-corrected chi connectivity index (χ0v) is 14.9. The summed E-state index contributed by atoms with van der Waals surface area (Å²) in [5.41, 5.74) is 3.12. The van der Waals surface area contributed by atoms with Gasteiger partial charge in [0.15, 0.2) is 6.61 Å². The summed E-state index contributed by atoms with van der Waals surface area (Å²) in [4.78, 5) is 4.32. The maximum absolute atomic E-state index is 5.76. The Kier molecular flexibility index (Phi) is 4.89. The fourth-order valence-corrected chi connectivity index (χ4v) is 2.71. The van der Waals surface area contributed by atoms with E-state index in [-0.39, 0.29) is 6.61 Å². The molecule has 0 unspecified atom stereocenters. The quantitative estimate of drug-likeness (QED) is 0.621. The minimum absolute atomic E-state index is 0.245. The molecule has 0 fully saturated rings. The fourth-order valence-electron chi connectivity index (χ4n) is 2.08. The first kappa shape index (κ1) is 16.6. The lowest BCUT2D eigenvalue weighted by atomic mass is 10.1. The van der Waals surface area contributed by atoms with Crippen LogP contribution in [0.15, 0.2) is 32.3 Å². The monoisotopic (exact) mass is 345 g/mol. The van der Waals surface area contributed by atoms with Gasteiger partial charge in [0.05, 0.1) is 11.4 Å². The second-order valence-electron chi connectivity index (χ2n) is 5.56. The van der Waals surface area contributed by atoms with E-state index in [9.17, 15) is 0 Å². The van der Waals surface area contributed by atoms with Crippen LogP contribution in [0, 0.1) is 27.7 Å². The number of oxazole rings is 1. The molecule has 24 heavy (non-hydrogen) atoms. The highest BCUT2D eigenvalue weighted by Crippen LogP contribution is 2.24. The molecule has 0 aliphatic rings. The fraction of sp³-hybridized carbons (Fsp3) is 0.353. The smallest absolute Gasteiger partial charge is 0.277 e. The van der Waals surface area contributed by atoms with Crippen LogP contribution in [-0.2, 0) is 12.4 Å². The van der Waals surface area contributed by atoms with Gasteiger partial charge < -0.3 is 13.6 Å². The normalized spacial score (nSPS) is 11.0. The molecule has 0 aliphatic carbocycles. The standard InChI is InChI=1S/C17H19N3O3S/c1-10-5-6-11(2)14(7-10)21-8-15-19-20-17(23-15)24-9-16-18-12(3)13(4)22-16/h5-7H,8-9H2,1-4H3. The van der Waals surface area contributed by atoms with Crippen LogP contribution < -0.4 is 4.74 Å². The van der Waals surface area contributed by atoms with Gasteiger partial charge in [0.1, 0.15) is 11.5 Å². The Labute approximate surface area is 144 Å². The van der Waals surface area contributed by atoms with E-state index in [2.05, 4.69) is 21.2 Å². The molecule has 3 rings (SSSR count). The van der Waals surface area contributed by atoms with Crippen molar-refractivity contribution in [1.82, 2.24) is 15.2 Å². The van der Waals surface area contributed by atoms with Crippen LogP contribution in [0.1, 0.15) is 34.4 Å². The first-order valence-corrected chi connectivity index (χ1v) is 8.58. The van der Waals surface area contributed by atoms with Gasteiger partial charge in [-0.05, 0) is 44.9 Å². The van der Waals surface area contributed by atoms with Crippen LogP contribution in [0.4, 0.5) is 0 Å². The van der Waals surface area contributed by atoms with Crippen LogP contribution in [0.25, 0.3) is 0 Å². The predicted molar refractivity (Wildman–Crippen MR) is 90.1 cm³/mol. The van der Waals surface area contributed by atoms with Crippen molar-refractivity contribution in [3.8, 4) is 5.75 Å². The number of benzene rings is 1. The molecule has 0 aliphatic heterocycles. The van der Waals surface area contributed by atoms with E-state index >= 15 is 0 Å². The summed E-state index contributed by atoms with van der Waals surface area (Å²) in [6, 6.07) is 6.07. The third-order valence-electron chi connectivity index (χ3n) is 3.54. The molecule has 3 aromatic rings. The number of rotatable bonds is 6. The average Bonchev–Trinajstić information content (AvgIpc) is 3.13. The third kappa shape index (κ3) is 3.97. The molecule has 0 radical (unpaired) electrons. The topological polar surface area (TPSA) is 74.2 Å². The lowest BCUT2D eigenvalue weighted by Gasteiger charge is -2.07. The van der Waals surface area contributed by atoms with Crippen molar-refractivity contribution in [2.24, 2.45) is 0 Å². The third-order valence-corrected chi connectivity index (χ3v) is 4.34. The van der Waals surface area contributed by atoms with Crippen LogP contribution in [0.3, 0.4) is 0 Å². The lowest BCUT2D eigenvalue weighted by Crippen LogP contribution is -1.97. The molecule has 126 valence electrons. The maximum Gasteiger partial charge on any atom is 0.277 e. The number of aromatic nitrogens is 3. The second kappa shape index (κ2) is 7.09. The molecule has 6 nitrogen and oxygen atoms in total. The van der Waals surface area contributed by atoms with Gasteiger partial charge in [-0.25, -0.2) is 4.98 Å². The van der Waals surface area contributed by atoms with Gasteiger partial charge in [-0.3, -0.25) is 0 Å². The van der Waals surface area contributed by atoms with Crippen molar-refractivity contribution in [1.29, 1.82) is 0 Å². The van der Waals surface area contributed by atoms with Crippen molar-refractivity contribution in [2.75, 3.05) is 0 Å². The molecular formula is C17H19N3O3S. The molecule has 0 atom stereocenters. The molecular weight excluding hydrogens is 326 g/mol. The minimum atomic E-state index is 0.245. The maximum atomic E-state index is 5.76. The summed E-state index contributed by atoms with van der Waals surface area (Å²) in [5.74, 6) is 3.31. The Hall–Kier alpha value is -2.28. The van der Waals surface area contributed by atoms with Gasteiger partial charge in [0.2, 0.25) is 5.89 Å². The van der Waals surface area contributed by atoms with Gasteiger partial charge in [-0.1, -0.05) is 23.9 Å². The van der Waals surface area contributed by atoms with Crippen molar-refractivity contribution < 1.29 is 13.6 Å². The first-order valence-electron chi connectivity index (χ1n) is 7.59. The highest BCUT2D eigenvalue weighted by molar-refractivity contribution is 7.98. The van der Waals surface area contributed by atoms with Gasteiger partial charge in [-0.15, -0.1) is 10.2 Å². The van der Waals surface area contributed by atoms with E-state index in [0.717, 1.165) is 28.3 Å². The lowest BCUT2D eigenvalue weighted by molar-refractivity contribution is 0.250. The number of aryl methyl sites for hydroxylation is 4. The molecule has 0 saturated carbocycles. The van der Waals surface area contributed by atoms with E-state index in [1.165, 1.54) is 11.8 Å². The van der Waals surface area contributed by atoms with Crippen LogP contribution in [0.5, 0.6) is 5.75 Å². The summed E-state index contributed by atoms with van der Waals surface area (Å²) in [5, 5.41) is 8.49. The molecule has 1 aromatic carbocycles. The van der Waals surface area contributed by atoms with E-state index in [1.54, 1.807) is 0 Å². The highest BCUT2D eigenvalue weighted by Gasteiger charge is 2.11. The Morgan fingerprint density at radius 2 is 1.88 bits per heavy atom. The Morgan fingerprint density at radius 3 is 2.62 bits per heavy atom. The molecule has 0 N–H and O–H groups in total. The number of hydrogen-bond donors (Lipinski definition) is 0.